The summed E-state index contributed by atoms with van der Waals surface area (Å²) in [6, 6.07) is 8.24. The quantitative estimate of drug-likeness (QED) is 0.306. The molecule has 0 spiro atoms. The van der Waals surface area contributed by atoms with Crippen LogP contribution >= 0.6 is 23.1 Å². The van der Waals surface area contributed by atoms with Crippen LogP contribution in [0.15, 0.2) is 34.2 Å². The maximum atomic E-state index is 13.9. The van der Waals surface area contributed by atoms with Crippen molar-refractivity contribution >= 4 is 33.3 Å². The van der Waals surface area contributed by atoms with Crippen LogP contribution in [0.1, 0.15) is 63.5 Å². The van der Waals surface area contributed by atoms with Crippen molar-refractivity contribution in [3.8, 4) is 5.69 Å². The van der Waals surface area contributed by atoms with Gasteiger partial charge >= 0.3 is 0 Å². The molecule has 2 heterocycles. The molecule has 1 aliphatic carbocycles. The molecule has 3 nitrogen and oxygen atoms in total. The normalized spacial score (nSPS) is 16.8. The summed E-state index contributed by atoms with van der Waals surface area (Å²) in [6.07, 6.45) is 4.32. The van der Waals surface area contributed by atoms with Gasteiger partial charge in [0.2, 0.25) is 0 Å². The monoisotopic (exact) mass is 454 g/mol. The number of benzene rings is 1. The third-order valence-corrected chi connectivity index (χ3v) is 8.62. The van der Waals surface area contributed by atoms with Crippen LogP contribution in [0.5, 0.6) is 0 Å². The number of nitrogens with zero attached hydrogens (tertiary/aromatic N) is 2. The maximum absolute atomic E-state index is 13.9. The van der Waals surface area contributed by atoms with E-state index in [-0.39, 0.29) is 5.56 Å². The molecule has 31 heavy (non-hydrogen) atoms. The molecule has 0 saturated carbocycles. The van der Waals surface area contributed by atoms with Gasteiger partial charge in [-0.1, -0.05) is 64.1 Å². The predicted molar refractivity (Wildman–Crippen MR) is 135 cm³/mol. The van der Waals surface area contributed by atoms with Gasteiger partial charge in [-0.05, 0) is 67.6 Å². The first kappa shape index (κ1) is 22.6. The minimum atomic E-state index is 0.104. The first-order chi connectivity index (χ1) is 14.6. The predicted octanol–water partition coefficient (Wildman–Crippen LogP) is 7.04. The second-order valence-corrected chi connectivity index (χ2v) is 12.5. The average Bonchev–Trinajstić information content (AvgIpc) is 3.06. The van der Waals surface area contributed by atoms with Crippen molar-refractivity contribution in [3.63, 3.8) is 0 Å². The summed E-state index contributed by atoms with van der Waals surface area (Å²) in [4.78, 5) is 21.2. The van der Waals surface area contributed by atoms with E-state index in [9.17, 15) is 4.79 Å². The zero-order valence-electron chi connectivity index (χ0n) is 19.6. The number of hydrogen-bond donors (Lipinski definition) is 0. The lowest BCUT2D eigenvalue weighted by atomic mass is 9.72. The highest BCUT2D eigenvalue weighted by molar-refractivity contribution is 7.99. The molecule has 0 radical (unpaired) electrons. The fourth-order valence-electron chi connectivity index (χ4n) is 4.35. The van der Waals surface area contributed by atoms with E-state index < -0.39 is 0 Å². The van der Waals surface area contributed by atoms with Crippen molar-refractivity contribution in [2.24, 2.45) is 17.3 Å². The second-order valence-electron chi connectivity index (χ2n) is 10.4. The fraction of sp³-hybridized carbons (Fsp3) is 0.538. The minimum absolute atomic E-state index is 0.104. The van der Waals surface area contributed by atoms with E-state index in [1.54, 1.807) is 23.1 Å². The van der Waals surface area contributed by atoms with Crippen LogP contribution in [-0.2, 0) is 12.8 Å². The average molecular weight is 455 g/mol. The second kappa shape index (κ2) is 8.74. The number of aromatic nitrogens is 2. The molecule has 5 heteroatoms. The number of hydrogen-bond acceptors (Lipinski definition) is 4. The molecule has 1 atom stereocenters. The Balaban J connectivity index is 1.84. The van der Waals surface area contributed by atoms with Crippen LogP contribution in [0, 0.1) is 24.2 Å². The van der Waals surface area contributed by atoms with Crippen LogP contribution in [0.3, 0.4) is 0 Å². The van der Waals surface area contributed by atoms with E-state index in [1.165, 1.54) is 16.0 Å². The molecule has 2 aromatic heterocycles. The maximum Gasteiger partial charge on any atom is 0.267 e. The van der Waals surface area contributed by atoms with E-state index in [1.807, 2.05) is 16.7 Å². The van der Waals surface area contributed by atoms with Crippen LogP contribution in [0.25, 0.3) is 15.9 Å². The Morgan fingerprint density at radius 3 is 2.58 bits per heavy atom. The van der Waals surface area contributed by atoms with Gasteiger partial charge in [0, 0.05) is 10.6 Å². The summed E-state index contributed by atoms with van der Waals surface area (Å²) >= 11 is 3.47. The van der Waals surface area contributed by atoms with Gasteiger partial charge in [-0.2, -0.15) is 0 Å². The van der Waals surface area contributed by atoms with Gasteiger partial charge in [-0.3, -0.25) is 9.36 Å². The summed E-state index contributed by atoms with van der Waals surface area (Å²) < 4.78 is 1.86. The molecule has 166 valence electrons. The third kappa shape index (κ3) is 4.63. The Morgan fingerprint density at radius 1 is 1.23 bits per heavy atom. The van der Waals surface area contributed by atoms with Crippen LogP contribution < -0.4 is 5.56 Å². The molecule has 0 bridgehead atoms. The number of aryl methyl sites for hydroxylation is 2. The standard InChI is InChI=1S/C26H34N2OS2/c1-16(2)13-14-30-25-27-23-22(24(29)28(25)19-10-7-17(3)8-11-19)20-12-9-18(26(4,5)6)15-21(20)31-23/h7-8,10-11,16,18H,9,12-15H2,1-6H3/t18-/m1/s1. The van der Waals surface area contributed by atoms with Gasteiger partial charge in [-0.15, -0.1) is 11.3 Å². The molecule has 1 aliphatic rings. The summed E-state index contributed by atoms with van der Waals surface area (Å²) in [7, 11) is 0. The highest BCUT2D eigenvalue weighted by atomic mass is 32.2. The molecule has 4 rings (SSSR count). The highest BCUT2D eigenvalue weighted by Crippen LogP contribution is 2.42. The number of rotatable bonds is 5. The van der Waals surface area contributed by atoms with Gasteiger partial charge < -0.3 is 0 Å². The molecule has 3 aromatic rings. The van der Waals surface area contributed by atoms with E-state index >= 15 is 0 Å². The zero-order valence-corrected chi connectivity index (χ0v) is 21.3. The minimum Gasteiger partial charge on any atom is -0.268 e. The smallest absolute Gasteiger partial charge is 0.267 e. The van der Waals surface area contributed by atoms with Crippen LogP contribution in [0.2, 0.25) is 0 Å². The molecule has 0 saturated heterocycles. The lowest BCUT2D eigenvalue weighted by Crippen LogP contribution is -2.27. The Hall–Kier alpha value is -1.59. The van der Waals surface area contributed by atoms with E-state index in [0.717, 1.165) is 52.5 Å². The lowest BCUT2D eigenvalue weighted by molar-refractivity contribution is 0.218. The molecule has 0 aliphatic heterocycles. The first-order valence-electron chi connectivity index (χ1n) is 11.4. The molecular weight excluding hydrogens is 420 g/mol. The summed E-state index contributed by atoms with van der Waals surface area (Å²) in [5.74, 6) is 2.27. The SMILES string of the molecule is Cc1ccc(-n2c(SCCC(C)C)nc3sc4c(c3c2=O)CC[C@@H](C(C)(C)C)C4)cc1. The Bertz CT molecular complexity index is 1130. The number of fused-ring (bicyclic) bond motifs is 3. The molecule has 0 N–H and O–H groups in total. The van der Waals surface area contributed by atoms with E-state index in [0.29, 0.717) is 17.3 Å². The Kier molecular flexibility index (Phi) is 6.37. The van der Waals surface area contributed by atoms with Crippen molar-refractivity contribution in [1.29, 1.82) is 0 Å². The van der Waals surface area contributed by atoms with Gasteiger partial charge in [0.25, 0.3) is 5.56 Å². The van der Waals surface area contributed by atoms with E-state index in [2.05, 4.69) is 53.7 Å². The highest BCUT2D eigenvalue weighted by Gasteiger charge is 2.32. The largest absolute Gasteiger partial charge is 0.268 e. The Labute approximate surface area is 194 Å². The van der Waals surface area contributed by atoms with Gasteiger partial charge in [0.1, 0.15) is 4.83 Å². The van der Waals surface area contributed by atoms with Crippen LogP contribution in [-0.4, -0.2) is 15.3 Å². The van der Waals surface area contributed by atoms with Crippen molar-refractivity contribution in [2.75, 3.05) is 5.75 Å². The number of thiophene rings is 1. The zero-order chi connectivity index (χ0) is 22.3. The Morgan fingerprint density at radius 2 is 1.94 bits per heavy atom. The third-order valence-electron chi connectivity index (χ3n) is 6.50. The molecule has 0 fully saturated rings. The van der Waals surface area contributed by atoms with Gasteiger partial charge in [0.05, 0.1) is 11.1 Å². The van der Waals surface area contributed by atoms with Gasteiger partial charge in [-0.25, -0.2) is 4.98 Å². The molecule has 0 unspecified atom stereocenters. The fourth-order valence-corrected chi connectivity index (χ4v) is 6.94. The molecular formula is C26H34N2OS2. The number of thioether (sulfide) groups is 1. The van der Waals surface area contributed by atoms with Crippen molar-refractivity contribution < 1.29 is 0 Å². The summed E-state index contributed by atoms with van der Waals surface area (Å²) in [6.45, 7) is 13.6. The molecule has 0 amide bonds. The van der Waals surface area contributed by atoms with E-state index in [4.69, 9.17) is 4.98 Å². The topological polar surface area (TPSA) is 34.9 Å². The van der Waals surface area contributed by atoms with Crippen molar-refractivity contribution in [2.45, 2.75) is 72.4 Å². The first-order valence-corrected chi connectivity index (χ1v) is 13.2. The van der Waals surface area contributed by atoms with Crippen LogP contribution in [0.4, 0.5) is 0 Å². The van der Waals surface area contributed by atoms with Gasteiger partial charge in [0.15, 0.2) is 5.16 Å². The summed E-state index contributed by atoms with van der Waals surface area (Å²) in [5, 5.41) is 1.69. The van der Waals surface area contributed by atoms with Crippen molar-refractivity contribution in [1.82, 2.24) is 9.55 Å². The summed E-state index contributed by atoms with van der Waals surface area (Å²) in [5.41, 5.74) is 3.77. The molecule has 1 aromatic carbocycles. The van der Waals surface area contributed by atoms with Crippen molar-refractivity contribution in [3.05, 3.63) is 50.6 Å². The lowest BCUT2D eigenvalue weighted by Gasteiger charge is -2.33.